The highest BCUT2D eigenvalue weighted by Crippen LogP contribution is 2.29. The molecule has 0 saturated carbocycles. The third kappa shape index (κ3) is 3.65. The van der Waals surface area contributed by atoms with Crippen molar-refractivity contribution in [3.63, 3.8) is 0 Å². The van der Waals surface area contributed by atoms with Gasteiger partial charge in [0.05, 0.1) is 20.9 Å². The summed E-state index contributed by atoms with van der Waals surface area (Å²) in [5.74, 6) is 0. The Balaban J connectivity index is 2.33. The first-order valence-corrected chi connectivity index (χ1v) is 8.28. The van der Waals surface area contributed by atoms with E-state index in [0.29, 0.717) is 5.02 Å². The number of halogens is 2. The lowest BCUT2D eigenvalue weighted by molar-refractivity contribution is 0.527. The number of rotatable bonds is 6. The summed E-state index contributed by atoms with van der Waals surface area (Å²) < 4.78 is 3.04. The molecule has 0 amide bonds. The van der Waals surface area contributed by atoms with Crippen LogP contribution in [0.2, 0.25) is 5.02 Å². The molecule has 1 N–H and O–H groups in total. The number of hydrogen-bond donors (Lipinski definition) is 1. The number of pyridine rings is 1. The summed E-state index contributed by atoms with van der Waals surface area (Å²) in [6, 6.07) is 2.11. The van der Waals surface area contributed by atoms with Gasteiger partial charge in [-0.15, -0.1) is 0 Å². The monoisotopic (exact) mass is 370 g/mol. The van der Waals surface area contributed by atoms with Gasteiger partial charge in [0.1, 0.15) is 0 Å². The van der Waals surface area contributed by atoms with Crippen LogP contribution in [0.5, 0.6) is 0 Å². The summed E-state index contributed by atoms with van der Waals surface area (Å²) in [6.45, 7) is 5.08. The van der Waals surface area contributed by atoms with Gasteiger partial charge in [-0.1, -0.05) is 25.4 Å². The summed E-state index contributed by atoms with van der Waals surface area (Å²) in [5.41, 5.74) is 3.33. The highest BCUT2D eigenvalue weighted by atomic mass is 79.9. The standard InChI is InChI=1S/C15H20BrClN4/c1-4-12-15(16)14(21(3)20-12)8-13(19-5-2)10-6-7-18-9-11(10)17/h6-7,9,13,19H,4-5,8H2,1-3H3. The van der Waals surface area contributed by atoms with Crippen LogP contribution in [-0.4, -0.2) is 21.3 Å². The summed E-state index contributed by atoms with van der Waals surface area (Å²) in [7, 11) is 1.98. The molecule has 114 valence electrons. The number of nitrogens with one attached hydrogen (secondary N) is 1. The molecule has 1 atom stereocenters. The molecule has 0 fully saturated rings. The second kappa shape index (κ2) is 7.38. The molecule has 21 heavy (non-hydrogen) atoms. The van der Waals surface area contributed by atoms with Crippen molar-refractivity contribution in [2.45, 2.75) is 32.7 Å². The Hall–Kier alpha value is -0.910. The van der Waals surface area contributed by atoms with Crippen molar-refractivity contribution in [1.82, 2.24) is 20.1 Å². The maximum absolute atomic E-state index is 6.30. The van der Waals surface area contributed by atoms with E-state index < -0.39 is 0 Å². The van der Waals surface area contributed by atoms with E-state index in [4.69, 9.17) is 11.6 Å². The average Bonchev–Trinajstić information content (AvgIpc) is 2.74. The maximum Gasteiger partial charge on any atom is 0.0766 e. The lowest BCUT2D eigenvalue weighted by Crippen LogP contribution is -2.24. The summed E-state index contributed by atoms with van der Waals surface area (Å²) in [4.78, 5) is 4.06. The number of aryl methyl sites for hydroxylation is 2. The first-order chi connectivity index (χ1) is 10.1. The molecule has 6 heteroatoms. The zero-order valence-electron chi connectivity index (χ0n) is 12.5. The highest BCUT2D eigenvalue weighted by molar-refractivity contribution is 9.10. The van der Waals surface area contributed by atoms with Crippen LogP contribution in [-0.2, 0) is 19.9 Å². The summed E-state index contributed by atoms with van der Waals surface area (Å²) >= 11 is 9.97. The van der Waals surface area contributed by atoms with E-state index in [0.717, 1.165) is 35.1 Å². The van der Waals surface area contributed by atoms with Crippen molar-refractivity contribution in [1.29, 1.82) is 0 Å². The van der Waals surface area contributed by atoms with E-state index in [1.54, 1.807) is 12.4 Å². The second-order valence-electron chi connectivity index (χ2n) is 4.90. The molecule has 0 aliphatic rings. The molecule has 0 aromatic carbocycles. The highest BCUT2D eigenvalue weighted by Gasteiger charge is 2.20. The fraction of sp³-hybridized carbons (Fsp3) is 0.467. The molecule has 0 aliphatic heterocycles. The van der Waals surface area contributed by atoms with Gasteiger partial charge >= 0.3 is 0 Å². The third-order valence-corrected chi connectivity index (χ3v) is 4.76. The molecule has 0 spiro atoms. The largest absolute Gasteiger partial charge is 0.310 e. The van der Waals surface area contributed by atoms with Gasteiger partial charge in [0.2, 0.25) is 0 Å². The van der Waals surface area contributed by atoms with Crippen molar-refractivity contribution in [2.24, 2.45) is 7.05 Å². The molecule has 0 saturated heterocycles. The van der Waals surface area contributed by atoms with Crippen LogP contribution in [0.4, 0.5) is 0 Å². The molecule has 0 radical (unpaired) electrons. The van der Waals surface area contributed by atoms with Gasteiger partial charge in [-0.05, 0) is 40.5 Å². The van der Waals surface area contributed by atoms with Gasteiger partial charge in [-0.2, -0.15) is 5.10 Å². The van der Waals surface area contributed by atoms with Crippen LogP contribution >= 0.6 is 27.5 Å². The van der Waals surface area contributed by atoms with E-state index in [-0.39, 0.29) is 6.04 Å². The van der Waals surface area contributed by atoms with E-state index in [9.17, 15) is 0 Å². The van der Waals surface area contributed by atoms with Gasteiger partial charge in [0.15, 0.2) is 0 Å². The smallest absolute Gasteiger partial charge is 0.0766 e. The summed E-state index contributed by atoms with van der Waals surface area (Å²) in [5, 5.41) is 8.74. The first-order valence-electron chi connectivity index (χ1n) is 7.11. The van der Waals surface area contributed by atoms with E-state index >= 15 is 0 Å². The van der Waals surface area contributed by atoms with E-state index in [2.05, 4.69) is 45.2 Å². The Kier molecular flexibility index (Phi) is 5.79. The van der Waals surface area contributed by atoms with Crippen molar-refractivity contribution >= 4 is 27.5 Å². The predicted molar refractivity (Wildman–Crippen MR) is 89.7 cm³/mol. The molecule has 2 heterocycles. The number of likely N-dealkylation sites (N-methyl/N-ethyl adjacent to an activating group) is 1. The van der Waals surface area contributed by atoms with Crippen LogP contribution in [0, 0.1) is 0 Å². The molecular weight excluding hydrogens is 352 g/mol. The van der Waals surface area contributed by atoms with Crippen molar-refractivity contribution in [3.05, 3.63) is 44.9 Å². The van der Waals surface area contributed by atoms with Gasteiger partial charge in [0.25, 0.3) is 0 Å². The fourth-order valence-electron chi connectivity index (χ4n) is 2.44. The zero-order chi connectivity index (χ0) is 15.4. The fourth-order valence-corrected chi connectivity index (χ4v) is 3.47. The Morgan fingerprint density at radius 1 is 1.43 bits per heavy atom. The molecule has 4 nitrogen and oxygen atoms in total. The Bertz CT molecular complexity index is 612. The summed E-state index contributed by atoms with van der Waals surface area (Å²) in [6.07, 6.45) is 5.20. The van der Waals surface area contributed by atoms with Gasteiger partial charge in [-0.25, -0.2) is 0 Å². The molecule has 2 aromatic heterocycles. The average molecular weight is 372 g/mol. The number of hydrogen-bond acceptors (Lipinski definition) is 3. The normalized spacial score (nSPS) is 12.6. The Labute approximate surface area is 139 Å². The van der Waals surface area contributed by atoms with E-state index in [1.165, 1.54) is 5.69 Å². The third-order valence-electron chi connectivity index (χ3n) is 3.53. The quantitative estimate of drug-likeness (QED) is 0.842. The van der Waals surface area contributed by atoms with E-state index in [1.807, 2.05) is 17.8 Å². The number of aromatic nitrogens is 3. The number of nitrogens with zero attached hydrogens (tertiary/aromatic N) is 3. The van der Waals surface area contributed by atoms with Gasteiger partial charge in [0, 0.05) is 31.9 Å². The van der Waals surface area contributed by atoms with Crippen molar-refractivity contribution in [2.75, 3.05) is 6.54 Å². The van der Waals surface area contributed by atoms with Gasteiger partial charge in [-0.3, -0.25) is 9.67 Å². The predicted octanol–water partition coefficient (Wildman–Crippen LogP) is 3.69. The topological polar surface area (TPSA) is 42.7 Å². The van der Waals surface area contributed by atoms with Crippen LogP contribution in [0.1, 0.15) is 36.8 Å². The minimum Gasteiger partial charge on any atom is -0.310 e. The van der Waals surface area contributed by atoms with Crippen molar-refractivity contribution < 1.29 is 0 Å². The SMILES string of the molecule is CCNC(Cc1c(Br)c(CC)nn1C)c1ccncc1Cl. The zero-order valence-corrected chi connectivity index (χ0v) is 14.9. The minimum absolute atomic E-state index is 0.141. The Morgan fingerprint density at radius 2 is 2.19 bits per heavy atom. The molecule has 2 rings (SSSR count). The minimum atomic E-state index is 0.141. The Morgan fingerprint density at radius 3 is 2.76 bits per heavy atom. The van der Waals surface area contributed by atoms with Crippen molar-refractivity contribution in [3.8, 4) is 0 Å². The second-order valence-corrected chi connectivity index (χ2v) is 6.10. The lowest BCUT2D eigenvalue weighted by Gasteiger charge is -2.19. The molecular formula is C15H20BrClN4. The lowest BCUT2D eigenvalue weighted by atomic mass is 10.0. The molecule has 1 unspecified atom stereocenters. The molecule has 0 aliphatic carbocycles. The van der Waals surface area contributed by atoms with Crippen LogP contribution in [0.15, 0.2) is 22.9 Å². The molecule has 0 bridgehead atoms. The molecule has 2 aromatic rings. The van der Waals surface area contributed by atoms with Gasteiger partial charge < -0.3 is 5.32 Å². The van der Waals surface area contributed by atoms with Crippen LogP contribution in [0.25, 0.3) is 0 Å². The maximum atomic E-state index is 6.30. The van der Waals surface area contributed by atoms with Crippen LogP contribution < -0.4 is 5.32 Å². The van der Waals surface area contributed by atoms with Crippen LogP contribution in [0.3, 0.4) is 0 Å². The first kappa shape index (κ1) is 16.5.